The molecule has 2 aromatic rings. The number of rotatable bonds is 6. The Hall–Kier alpha value is -1.80. The van der Waals surface area contributed by atoms with Gasteiger partial charge in [0.15, 0.2) is 0 Å². The van der Waals surface area contributed by atoms with Crippen molar-refractivity contribution in [3.05, 3.63) is 65.2 Å². The molecule has 0 aliphatic carbocycles. The van der Waals surface area contributed by atoms with Crippen LogP contribution in [0.25, 0.3) is 0 Å². The number of benzene rings is 2. The van der Waals surface area contributed by atoms with Crippen LogP contribution in [-0.4, -0.2) is 13.2 Å². The van der Waals surface area contributed by atoms with E-state index in [1.807, 2.05) is 19.1 Å². The topological polar surface area (TPSA) is 35.2 Å². The van der Waals surface area contributed by atoms with E-state index in [9.17, 15) is 0 Å². The largest absolute Gasteiger partial charge is 0.494 e. The lowest BCUT2D eigenvalue weighted by atomic mass is 9.77. The smallest absolute Gasteiger partial charge is 0.122 e. The van der Waals surface area contributed by atoms with Crippen LogP contribution in [-0.2, 0) is 11.8 Å². The Labute approximate surface area is 127 Å². The van der Waals surface area contributed by atoms with Crippen LogP contribution in [0.4, 0.5) is 0 Å². The lowest BCUT2D eigenvalue weighted by molar-refractivity contribution is 0.332. The number of nitrogens with two attached hydrogens (primary N) is 1. The summed E-state index contributed by atoms with van der Waals surface area (Å²) in [5, 5.41) is 0. The van der Waals surface area contributed by atoms with Crippen LogP contribution in [0, 0.1) is 6.92 Å². The molecule has 21 heavy (non-hydrogen) atoms. The van der Waals surface area contributed by atoms with Crippen molar-refractivity contribution in [3.8, 4) is 5.75 Å². The minimum Gasteiger partial charge on any atom is -0.494 e. The SMILES string of the molecule is CCOc1ccccc1CC(C)(CN)c1cccc(C)c1. The summed E-state index contributed by atoms with van der Waals surface area (Å²) >= 11 is 0. The molecule has 0 aliphatic heterocycles. The molecule has 2 heteroatoms. The van der Waals surface area contributed by atoms with Crippen LogP contribution in [0.3, 0.4) is 0 Å². The molecular formula is C19H25NO. The van der Waals surface area contributed by atoms with Gasteiger partial charge in [-0.2, -0.15) is 0 Å². The second-order valence-electron chi connectivity index (χ2n) is 5.85. The number of hydrogen-bond donors (Lipinski definition) is 1. The van der Waals surface area contributed by atoms with Crippen molar-refractivity contribution >= 4 is 0 Å². The maximum atomic E-state index is 6.12. The van der Waals surface area contributed by atoms with Gasteiger partial charge in [-0.3, -0.25) is 0 Å². The van der Waals surface area contributed by atoms with Gasteiger partial charge >= 0.3 is 0 Å². The third kappa shape index (κ3) is 3.64. The van der Waals surface area contributed by atoms with Crippen LogP contribution in [0.15, 0.2) is 48.5 Å². The summed E-state index contributed by atoms with van der Waals surface area (Å²) < 4.78 is 5.75. The number of ether oxygens (including phenoxy) is 1. The van der Waals surface area contributed by atoms with E-state index in [0.29, 0.717) is 13.2 Å². The highest BCUT2D eigenvalue weighted by atomic mass is 16.5. The third-order valence-corrected chi connectivity index (χ3v) is 4.02. The first-order valence-corrected chi connectivity index (χ1v) is 7.57. The molecule has 0 saturated carbocycles. The van der Waals surface area contributed by atoms with Crippen molar-refractivity contribution in [2.24, 2.45) is 5.73 Å². The third-order valence-electron chi connectivity index (χ3n) is 4.02. The summed E-state index contributed by atoms with van der Waals surface area (Å²) in [5.41, 5.74) is 9.81. The van der Waals surface area contributed by atoms with E-state index in [1.165, 1.54) is 16.7 Å². The van der Waals surface area contributed by atoms with E-state index in [1.54, 1.807) is 0 Å². The molecule has 0 spiro atoms. The molecule has 112 valence electrons. The van der Waals surface area contributed by atoms with Gasteiger partial charge < -0.3 is 10.5 Å². The zero-order chi connectivity index (χ0) is 15.3. The van der Waals surface area contributed by atoms with Crippen molar-refractivity contribution in [1.29, 1.82) is 0 Å². The van der Waals surface area contributed by atoms with Gasteiger partial charge in [0, 0.05) is 12.0 Å². The summed E-state index contributed by atoms with van der Waals surface area (Å²) in [7, 11) is 0. The molecule has 2 rings (SSSR count). The molecule has 0 radical (unpaired) electrons. The monoisotopic (exact) mass is 283 g/mol. The highest BCUT2D eigenvalue weighted by Crippen LogP contribution is 2.31. The Morgan fingerprint density at radius 2 is 1.86 bits per heavy atom. The zero-order valence-corrected chi connectivity index (χ0v) is 13.2. The fourth-order valence-electron chi connectivity index (χ4n) is 2.68. The molecule has 1 unspecified atom stereocenters. The van der Waals surface area contributed by atoms with Crippen LogP contribution < -0.4 is 10.5 Å². The van der Waals surface area contributed by atoms with Gasteiger partial charge in [-0.15, -0.1) is 0 Å². The average molecular weight is 283 g/mol. The molecule has 0 fully saturated rings. The van der Waals surface area contributed by atoms with Gasteiger partial charge in [0.25, 0.3) is 0 Å². The Balaban J connectivity index is 2.34. The Morgan fingerprint density at radius 1 is 1.10 bits per heavy atom. The van der Waals surface area contributed by atoms with E-state index in [4.69, 9.17) is 10.5 Å². The molecule has 0 heterocycles. The predicted molar refractivity (Wildman–Crippen MR) is 88.9 cm³/mol. The Bertz CT molecular complexity index is 594. The van der Waals surface area contributed by atoms with Crippen molar-refractivity contribution in [3.63, 3.8) is 0 Å². The number of para-hydroxylation sites is 1. The molecule has 0 saturated heterocycles. The van der Waals surface area contributed by atoms with Crippen LogP contribution >= 0.6 is 0 Å². The van der Waals surface area contributed by atoms with E-state index < -0.39 is 0 Å². The summed E-state index contributed by atoms with van der Waals surface area (Å²) in [6.07, 6.45) is 0.878. The highest BCUT2D eigenvalue weighted by Gasteiger charge is 2.26. The van der Waals surface area contributed by atoms with Gasteiger partial charge in [-0.25, -0.2) is 0 Å². The first kappa shape index (κ1) is 15.6. The second kappa shape index (κ2) is 6.77. The predicted octanol–water partition coefficient (Wildman–Crippen LogP) is 3.85. The summed E-state index contributed by atoms with van der Waals surface area (Å²) in [5.74, 6) is 0.965. The number of aryl methyl sites for hydroxylation is 1. The van der Waals surface area contributed by atoms with E-state index in [2.05, 4.69) is 50.2 Å². The maximum absolute atomic E-state index is 6.12. The minimum absolute atomic E-state index is 0.0841. The van der Waals surface area contributed by atoms with Gasteiger partial charge in [-0.05, 0) is 37.5 Å². The fraction of sp³-hybridized carbons (Fsp3) is 0.368. The maximum Gasteiger partial charge on any atom is 0.122 e. The van der Waals surface area contributed by atoms with Crippen molar-refractivity contribution in [2.45, 2.75) is 32.6 Å². The van der Waals surface area contributed by atoms with Gasteiger partial charge in [0.1, 0.15) is 5.75 Å². The van der Waals surface area contributed by atoms with Crippen molar-refractivity contribution < 1.29 is 4.74 Å². The van der Waals surface area contributed by atoms with E-state index in [-0.39, 0.29) is 5.41 Å². The van der Waals surface area contributed by atoms with Crippen LogP contribution in [0.1, 0.15) is 30.5 Å². The molecule has 2 nitrogen and oxygen atoms in total. The number of hydrogen-bond acceptors (Lipinski definition) is 2. The van der Waals surface area contributed by atoms with E-state index in [0.717, 1.165) is 12.2 Å². The Kier molecular flexibility index (Phi) is 5.03. The lowest BCUT2D eigenvalue weighted by Gasteiger charge is -2.30. The average Bonchev–Trinajstić information content (AvgIpc) is 2.49. The van der Waals surface area contributed by atoms with Crippen LogP contribution in [0.2, 0.25) is 0 Å². The molecule has 0 aromatic heterocycles. The van der Waals surface area contributed by atoms with E-state index >= 15 is 0 Å². The molecule has 2 N–H and O–H groups in total. The highest BCUT2D eigenvalue weighted by molar-refractivity contribution is 5.38. The molecule has 0 bridgehead atoms. The first-order chi connectivity index (χ1) is 10.1. The lowest BCUT2D eigenvalue weighted by Crippen LogP contribution is -2.34. The summed E-state index contributed by atoms with van der Waals surface area (Å²) in [4.78, 5) is 0. The standard InChI is InChI=1S/C19H25NO/c1-4-21-18-11-6-5-9-16(18)13-19(3,14-20)17-10-7-8-15(2)12-17/h5-12H,4,13-14,20H2,1-3H3. The summed E-state index contributed by atoms with van der Waals surface area (Å²) in [6, 6.07) is 16.9. The van der Waals surface area contributed by atoms with Crippen LogP contribution in [0.5, 0.6) is 5.75 Å². The van der Waals surface area contributed by atoms with Gasteiger partial charge in [0.05, 0.1) is 6.61 Å². The van der Waals surface area contributed by atoms with Gasteiger partial charge in [0.2, 0.25) is 0 Å². The van der Waals surface area contributed by atoms with Crippen molar-refractivity contribution in [2.75, 3.05) is 13.2 Å². The second-order valence-corrected chi connectivity index (χ2v) is 5.85. The fourth-order valence-corrected chi connectivity index (χ4v) is 2.68. The molecular weight excluding hydrogens is 258 g/mol. The van der Waals surface area contributed by atoms with Gasteiger partial charge in [-0.1, -0.05) is 55.0 Å². The zero-order valence-electron chi connectivity index (χ0n) is 13.2. The summed E-state index contributed by atoms with van der Waals surface area (Å²) in [6.45, 7) is 7.65. The molecule has 1 atom stereocenters. The molecule has 0 amide bonds. The molecule has 0 aliphatic rings. The first-order valence-electron chi connectivity index (χ1n) is 7.57. The van der Waals surface area contributed by atoms with Crippen molar-refractivity contribution in [1.82, 2.24) is 0 Å². The Morgan fingerprint density at radius 3 is 2.52 bits per heavy atom. The normalized spacial score (nSPS) is 13.7. The molecule has 2 aromatic carbocycles. The quantitative estimate of drug-likeness (QED) is 0.874. The minimum atomic E-state index is -0.0841.